The Kier molecular flexibility index (Phi) is 5.62. The summed E-state index contributed by atoms with van der Waals surface area (Å²) in [5, 5.41) is 3.87. The molecule has 2 aromatic carbocycles. The van der Waals surface area contributed by atoms with E-state index in [1.54, 1.807) is 7.11 Å². The highest BCUT2D eigenvalue weighted by atomic mass is 127. The number of benzene rings is 2. The Morgan fingerprint density at radius 2 is 2.00 bits per heavy atom. The first-order valence-corrected chi connectivity index (χ1v) is 11.6. The number of methoxy groups -OCH3 is 1. The number of fused-ring (bicyclic) bond motifs is 1. The SMILES string of the molecule is COc1cc(CI)ccc1[C@@H]1CC[C@@]2(C)C(=O)NC[C@H]2[C@H]1c1ccc(Cl)cc1. The highest BCUT2D eigenvalue weighted by Gasteiger charge is 2.55. The predicted octanol–water partition coefficient (Wildman–Crippen LogP) is 5.70. The van der Waals surface area contributed by atoms with Gasteiger partial charge in [-0.05, 0) is 65.5 Å². The maximum absolute atomic E-state index is 12.7. The highest BCUT2D eigenvalue weighted by molar-refractivity contribution is 14.1. The van der Waals surface area contributed by atoms with Gasteiger partial charge in [-0.2, -0.15) is 0 Å². The van der Waals surface area contributed by atoms with Crippen molar-refractivity contribution in [2.24, 2.45) is 11.3 Å². The summed E-state index contributed by atoms with van der Waals surface area (Å²) >= 11 is 8.54. The van der Waals surface area contributed by atoms with E-state index in [0.717, 1.165) is 34.6 Å². The molecule has 1 amide bonds. The molecule has 1 saturated carbocycles. The van der Waals surface area contributed by atoms with Crippen molar-refractivity contribution in [1.82, 2.24) is 5.32 Å². The molecule has 4 atom stereocenters. The molecule has 0 unspecified atom stereocenters. The third-order valence-electron chi connectivity index (χ3n) is 6.77. The van der Waals surface area contributed by atoms with E-state index in [4.69, 9.17) is 16.3 Å². The summed E-state index contributed by atoms with van der Waals surface area (Å²) in [7, 11) is 1.75. The second kappa shape index (κ2) is 7.86. The molecule has 1 saturated heterocycles. The largest absolute Gasteiger partial charge is 0.496 e. The standard InChI is InChI=1S/C23H25ClINO2/c1-23-10-9-18(17-8-3-14(12-25)11-20(17)28-2)21(19(23)13-26-22(23)27)15-4-6-16(24)7-5-15/h3-8,11,18-19,21H,9-10,12-13H2,1-2H3,(H,26,27)/t18-,19-,21-,23+/m0/s1. The molecule has 0 bridgehead atoms. The first-order chi connectivity index (χ1) is 13.5. The zero-order valence-corrected chi connectivity index (χ0v) is 19.1. The van der Waals surface area contributed by atoms with Gasteiger partial charge in [-0.1, -0.05) is 65.4 Å². The topological polar surface area (TPSA) is 38.3 Å². The Balaban J connectivity index is 1.82. The zero-order chi connectivity index (χ0) is 19.9. The molecule has 3 nitrogen and oxygen atoms in total. The normalized spacial score (nSPS) is 29.3. The molecule has 4 rings (SSSR count). The van der Waals surface area contributed by atoms with Crippen LogP contribution in [-0.2, 0) is 9.22 Å². The summed E-state index contributed by atoms with van der Waals surface area (Å²) in [6.45, 7) is 2.86. The van der Waals surface area contributed by atoms with Crippen LogP contribution in [0.1, 0.15) is 48.3 Å². The molecule has 2 fully saturated rings. The van der Waals surface area contributed by atoms with Crippen LogP contribution in [0.3, 0.4) is 0 Å². The summed E-state index contributed by atoms with van der Waals surface area (Å²) in [6, 6.07) is 14.8. The minimum Gasteiger partial charge on any atom is -0.496 e. The van der Waals surface area contributed by atoms with E-state index < -0.39 is 0 Å². The summed E-state index contributed by atoms with van der Waals surface area (Å²) in [4.78, 5) is 12.7. The smallest absolute Gasteiger partial charge is 0.226 e. The molecule has 0 aromatic heterocycles. The molecule has 28 heavy (non-hydrogen) atoms. The minimum absolute atomic E-state index is 0.196. The maximum atomic E-state index is 12.7. The minimum atomic E-state index is -0.309. The van der Waals surface area contributed by atoms with E-state index in [-0.39, 0.29) is 23.2 Å². The molecule has 1 N–H and O–H groups in total. The Morgan fingerprint density at radius 1 is 1.25 bits per heavy atom. The quantitative estimate of drug-likeness (QED) is 0.424. The lowest BCUT2D eigenvalue weighted by molar-refractivity contribution is -0.129. The van der Waals surface area contributed by atoms with Crippen LogP contribution in [0.2, 0.25) is 5.02 Å². The van der Waals surface area contributed by atoms with E-state index in [1.807, 2.05) is 12.1 Å². The van der Waals surface area contributed by atoms with Crippen molar-refractivity contribution in [1.29, 1.82) is 0 Å². The van der Waals surface area contributed by atoms with E-state index in [1.165, 1.54) is 16.7 Å². The first kappa shape index (κ1) is 20.0. The second-order valence-corrected chi connectivity index (χ2v) is 9.37. The van der Waals surface area contributed by atoms with Gasteiger partial charge in [-0.3, -0.25) is 4.79 Å². The van der Waals surface area contributed by atoms with Crippen molar-refractivity contribution in [2.75, 3.05) is 13.7 Å². The number of alkyl halides is 1. The highest BCUT2D eigenvalue weighted by Crippen LogP contribution is 2.57. The number of hydrogen-bond donors (Lipinski definition) is 1. The molecule has 0 spiro atoms. The fraction of sp³-hybridized carbons (Fsp3) is 0.435. The summed E-state index contributed by atoms with van der Waals surface area (Å²) in [5.41, 5.74) is 3.46. The number of nitrogens with one attached hydrogen (secondary N) is 1. The van der Waals surface area contributed by atoms with Crippen LogP contribution in [0.15, 0.2) is 42.5 Å². The van der Waals surface area contributed by atoms with Crippen LogP contribution in [0.5, 0.6) is 5.75 Å². The van der Waals surface area contributed by atoms with Crippen LogP contribution < -0.4 is 10.1 Å². The molecule has 1 heterocycles. The van der Waals surface area contributed by atoms with E-state index >= 15 is 0 Å². The van der Waals surface area contributed by atoms with Gasteiger partial charge in [0.2, 0.25) is 5.91 Å². The average molecular weight is 510 g/mol. The fourth-order valence-corrected chi connectivity index (χ4v) is 5.78. The number of carbonyl (C=O) groups is 1. The van der Waals surface area contributed by atoms with Gasteiger partial charge in [0.25, 0.3) is 0 Å². The maximum Gasteiger partial charge on any atom is 0.226 e. The number of halogens is 2. The number of hydrogen-bond acceptors (Lipinski definition) is 2. The number of amides is 1. The summed E-state index contributed by atoms with van der Waals surface area (Å²) in [6.07, 6.45) is 1.86. The third kappa shape index (κ3) is 3.32. The van der Waals surface area contributed by atoms with Crippen molar-refractivity contribution >= 4 is 40.1 Å². The Hall–Kier alpha value is -1.27. The summed E-state index contributed by atoms with van der Waals surface area (Å²) < 4.78 is 6.75. The van der Waals surface area contributed by atoms with E-state index in [2.05, 4.69) is 65.2 Å². The molecular weight excluding hydrogens is 485 g/mol. The fourth-order valence-electron chi connectivity index (χ4n) is 5.18. The van der Waals surface area contributed by atoms with Crippen LogP contribution >= 0.6 is 34.2 Å². The average Bonchev–Trinajstić information content (AvgIpc) is 3.02. The van der Waals surface area contributed by atoms with E-state index in [9.17, 15) is 4.79 Å². The first-order valence-electron chi connectivity index (χ1n) is 9.74. The van der Waals surface area contributed by atoms with Gasteiger partial charge in [-0.15, -0.1) is 0 Å². The lowest BCUT2D eigenvalue weighted by Gasteiger charge is -2.45. The van der Waals surface area contributed by atoms with Gasteiger partial charge in [0, 0.05) is 16.0 Å². The summed E-state index contributed by atoms with van der Waals surface area (Å²) in [5.74, 6) is 1.97. The monoisotopic (exact) mass is 509 g/mol. The predicted molar refractivity (Wildman–Crippen MR) is 121 cm³/mol. The Morgan fingerprint density at radius 3 is 2.68 bits per heavy atom. The van der Waals surface area contributed by atoms with Crippen LogP contribution in [0.4, 0.5) is 0 Å². The molecule has 0 radical (unpaired) electrons. The molecule has 2 aliphatic rings. The van der Waals surface area contributed by atoms with Crippen molar-refractivity contribution in [3.05, 3.63) is 64.2 Å². The third-order valence-corrected chi connectivity index (χ3v) is 7.90. The van der Waals surface area contributed by atoms with Crippen molar-refractivity contribution in [2.45, 2.75) is 36.0 Å². The van der Waals surface area contributed by atoms with Crippen molar-refractivity contribution in [3.63, 3.8) is 0 Å². The van der Waals surface area contributed by atoms with Crippen molar-refractivity contribution in [3.8, 4) is 5.75 Å². The molecule has 5 heteroatoms. The van der Waals surface area contributed by atoms with Gasteiger partial charge in [-0.25, -0.2) is 0 Å². The van der Waals surface area contributed by atoms with Gasteiger partial charge in [0.1, 0.15) is 5.75 Å². The Labute approximate surface area is 185 Å². The molecule has 1 aliphatic heterocycles. The second-order valence-electron chi connectivity index (χ2n) is 8.17. The number of carbonyl (C=O) groups excluding carboxylic acids is 1. The molecule has 2 aromatic rings. The number of rotatable bonds is 4. The van der Waals surface area contributed by atoms with Gasteiger partial charge in [0.05, 0.1) is 12.5 Å². The lowest BCUT2D eigenvalue weighted by atomic mass is 9.57. The van der Waals surface area contributed by atoms with E-state index in [0.29, 0.717) is 5.92 Å². The van der Waals surface area contributed by atoms with Crippen molar-refractivity contribution < 1.29 is 9.53 Å². The van der Waals surface area contributed by atoms with Crippen LogP contribution in [0, 0.1) is 11.3 Å². The van der Waals surface area contributed by atoms with Crippen LogP contribution in [0.25, 0.3) is 0 Å². The molecule has 148 valence electrons. The Bertz CT molecular complexity index is 885. The van der Waals surface area contributed by atoms with Crippen LogP contribution in [-0.4, -0.2) is 19.6 Å². The lowest BCUT2D eigenvalue weighted by Crippen LogP contribution is -2.41. The van der Waals surface area contributed by atoms with Gasteiger partial charge >= 0.3 is 0 Å². The zero-order valence-electron chi connectivity index (χ0n) is 16.2. The number of ether oxygens (including phenoxy) is 1. The molecular formula is C23H25ClINO2. The molecule has 1 aliphatic carbocycles. The van der Waals surface area contributed by atoms with Gasteiger partial charge in [0.15, 0.2) is 0 Å². The van der Waals surface area contributed by atoms with Gasteiger partial charge < -0.3 is 10.1 Å².